The lowest BCUT2D eigenvalue weighted by Gasteiger charge is -2.10. The van der Waals surface area contributed by atoms with E-state index >= 15 is 0 Å². The van der Waals surface area contributed by atoms with Crippen molar-refractivity contribution < 1.29 is 14.5 Å². The molecule has 1 N–H and O–H groups in total. The van der Waals surface area contributed by atoms with E-state index in [0.717, 1.165) is 41.1 Å². The summed E-state index contributed by atoms with van der Waals surface area (Å²) in [4.78, 5) is 16.2. The maximum Gasteiger partial charge on any atom is 0.192 e. The average Bonchev–Trinajstić information content (AvgIpc) is 3.28. The molecular weight excluding hydrogens is 394 g/mol. The number of aromatic nitrogens is 5. The Bertz CT molecular complexity index is 1220. The molecule has 0 amide bonds. The number of oxime groups is 1. The largest absolute Gasteiger partial charge is 0.497 e. The van der Waals surface area contributed by atoms with Gasteiger partial charge in [-0.15, -0.1) is 5.10 Å². The number of quaternary nitrogens is 1. The molecule has 0 saturated carbocycles. The zero-order valence-electron chi connectivity index (χ0n) is 18.6. The maximum absolute atomic E-state index is 5.42. The minimum Gasteiger partial charge on any atom is -0.497 e. The molecule has 162 valence electrons. The number of hydrogen-bond acceptors (Lipinski definition) is 6. The Morgan fingerprint density at radius 2 is 1.90 bits per heavy atom. The van der Waals surface area contributed by atoms with Gasteiger partial charge in [0.05, 0.1) is 45.9 Å². The van der Waals surface area contributed by atoms with E-state index in [2.05, 4.69) is 47.7 Å². The standard InChI is InChI=1S/C22H27N7O2/c1-15-16(2)28(11-10-27(3)4)21-20(15)22-25-19(26-29(22)14-23-21)13-31-24-12-17-6-8-18(30-5)9-7-17/h6-9,12,14H,10-11,13H2,1-5H3/p+1/b24-12-. The summed E-state index contributed by atoms with van der Waals surface area (Å²) in [6, 6.07) is 7.56. The highest BCUT2D eigenvalue weighted by Crippen LogP contribution is 2.26. The monoisotopic (exact) mass is 422 g/mol. The van der Waals surface area contributed by atoms with Crippen LogP contribution in [-0.2, 0) is 18.0 Å². The van der Waals surface area contributed by atoms with E-state index in [4.69, 9.17) is 14.6 Å². The van der Waals surface area contributed by atoms with Crippen molar-refractivity contribution in [1.82, 2.24) is 24.1 Å². The number of fused-ring (bicyclic) bond motifs is 3. The molecule has 4 rings (SSSR count). The van der Waals surface area contributed by atoms with E-state index in [1.807, 2.05) is 24.3 Å². The Balaban J connectivity index is 1.54. The molecule has 0 fully saturated rings. The van der Waals surface area contributed by atoms with E-state index in [-0.39, 0.29) is 6.61 Å². The summed E-state index contributed by atoms with van der Waals surface area (Å²) >= 11 is 0. The third-order valence-electron chi connectivity index (χ3n) is 5.41. The van der Waals surface area contributed by atoms with Crippen LogP contribution in [0.3, 0.4) is 0 Å². The lowest BCUT2D eigenvalue weighted by atomic mass is 10.2. The molecule has 0 aliphatic heterocycles. The number of nitrogens with zero attached hydrogens (tertiary/aromatic N) is 6. The Morgan fingerprint density at radius 3 is 2.61 bits per heavy atom. The van der Waals surface area contributed by atoms with E-state index in [1.54, 1.807) is 24.2 Å². The van der Waals surface area contributed by atoms with Gasteiger partial charge in [0.1, 0.15) is 17.7 Å². The van der Waals surface area contributed by atoms with Crippen molar-refractivity contribution in [2.45, 2.75) is 27.0 Å². The smallest absolute Gasteiger partial charge is 0.192 e. The van der Waals surface area contributed by atoms with Crippen LogP contribution in [0, 0.1) is 13.8 Å². The summed E-state index contributed by atoms with van der Waals surface area (Å²) in [5.41, 5.74) is 5.04. The van der Waals surface area contributed by atoms with Crippen molar-refractivity contribution in [3.8, 4) is 5.75 Å². The first kappa shape index (κ1) is 20.8. The molecule has 3 aromatic heterocycles. The van der Waals surface area contributed by atoms with E-state index in [0.29, 0.717) is 5.82 Å². The van der Waals surface area contributed by atoms with Gasteiger partial charge in [-0.3, -0.25) is 0 Å². The fraction of sp³-hybridized carbons (Fsp3) is 0.364. The molecule has 4 aromatic rings. The SMILES string of the molecule is COc1ccc(/C=N\OCc2nc3c4c(C)c(C)n(CC[NH+](C)C)c4ncn3n2)cc1. The molecule has 3 heterocycles. The molecule has 0 radical (unpaired) electrons. The first-order valence-electron chi connectivity index (χ1n) is 10.3. The molecule has 0 atom stereocenters. The number of aryl methyl sites for hydroxylation is 1. The summed E-state index contributed by atoms with van der Waals surface area (Å²) in [7, 11) is 5.95. The van der Waals surface area contributed by atoms with Crippen molar-refractivity contribution in [2.24, 2.45) is 5.16 Å². The fourth-order valence-electron chi connectivity index (χ4n) is 3.53. The molecule has 0 aliphatic rings. The van der Waals surface area contributed by atoms with Crippen molar-refractivity contribution in [2.75, 3.05) is 27.7 Å². The lowest BCUT2D eigenvalue weighted by Crippen LogP contribution is -3.06. The molecule has 0 bridgehead atoms. The van der Waals surface area contributed by atoms with Gasteiger partial charge in [0.2, 0.25) is 0 Å². The zero-order chi connectivity index (χ0) is 22.0. The van der Waals surface area contributed by atoms with Gasteiger partial charge in [0.25, 0.3) is 0 Å². The molecule has 0 unspecified atom stereocenters. The van der Waals surface area contributed by atoms with Crippen LogP contribution in [0.25, 0.3) is 16.7 Å². The number of likely N-dealkylation sites (N-methyl/N-ethyl adjacent to an activating group) is 1. The minimum atomic E-state index is 0.179. The van der Waals surface area contributed by atoms with Crippen molar-refractivity contribution >= 4 is 22.9 Å². The topological polar surface area (TPSA) is 83.3 Å². The number of rotatable bonds is 8. The minimum absolute atomic E-state index is 0.179. The van der Waals surface area contributed by atoms with Crippen LogP contribution < -0.4 is 9.64 Å². The normalized spacial score (nSPS) is 11.9. The molecule has 1 aromatic carbocycles. The molecular formula is C22H28N7O2+. The summed E-state index contributed by atoms with van der Waals surface area (Å²) in [5.74, 6) is 1.36. The van der Waals surface area contributed by atoms with Gasteiger partial charge in [-0.2, -0.15) is 0 Å². The fourth-order valence-corrected chi connectivity index (χ4v) is 3.53. The Hall–Kier alpha value is -3.46. The second-order valence-corrected chi connectivity index (χ2v) is 7.84. The van der Waals surface area contributed by atoms with Gasteiger partial charge in [0.15, 0.2) is 18.1 Å². The quantitative estimate of drug-likeness (QED) is 0.343. The van der Waals surface area contributed by atoms with E-state index < -0.39 is 0 Å². The van der Waals surface area contributed by atoms with Gasteiger partial charge < -0.3 is 19.0 Å². The summed E-state index contributed by atoms with van der Waals surface area (Å²) in [6.45, 7) is 6.36. The number of benzene rings is 1. The van der Waals surface area contributed by atoms with Gasteiger partial charge in [-0.25, -0.2) is 14.5 Å². The Kier molecular flexibility index (Phi) is 5.85. The number of methoxy groups -OCH3 is 1. The van der Waals surface area contributed by atoms with E-state index in [1.165, 1.54) is 16.2 Å². The zero-order valence-corrected chi connectivity index (χ0v) is 18.6. The van der Waals surface area contributed by atoms with Crippen LogP contribution in [0.15, 0.2) is 35.7 Å². The Labute approximate surface area is 180 Å². The summed E-state index contributed by atoms with van der Waals surface area (Å²) in [5, 5.41) is 9.56. The number of hydrogen-bond donors (Lipinski definition) is 1. The second kappa shape index (κ2) is 8.73. The highest BCUT2D eigenvalue weighted by Gasteiger charge is 2.18. The van der Waals surface area contributed by atoms with Gasteiger partial charge in [-0.1, -0.05) is 5.16 Å². The van der Waals surface area contributed by atoms with Crippen molar-refractivity contribution in [3.05, 3.63) is 53.2 Å². The first-order valence-corrected chi connectivity index (χ1v) is 10.3. The third kappa shape index (κ3) is 4.22. The van der Waals surface area contributed by atoms with Crippen LogP contribution in [0.1, 0.15) is 22.6 Å². The van der Waals surface area contributed by atoms with Gasteiger partial charge in [0, 0.05) is 5.69 Å². The second-order valence-electron chi connectivity index (χ2n) is 7.84. The van der Waals surface area contributed by atoms with Crippen molar-refractivity contribution in [1.29, 1.82) is 0 Å². The summed E-state index contributed by atoms with van der Waals surface area (Å²) < 4.78 is 9.13. The predicted octanol–water partition coefficient (Wildman–Crippen LogP) is 1.40. The van der Waals surface area contributed by atoms with Gasteiger partial charge >= 0.3 is 0 Å². The number of nitrogens with one attached hydrogen (secondary N) is 1. The Morgan fingerprint density at radius 1 is 1.13 bits per heavy atom. The molecule has 9 nitrogen and oxygen atoms in total. The average molecular weight is 423 g/mol. The third-order valence-corrected chi connectivity index (χ3v) is 5.41. The lowest BCUT2D eigenvalue weighted by molar-refractivity contribution is -0.858. The van der Waals surface area contributed by atoms with Crippen LogP contribution in [0.4, 0.5) is 0 Å². The van der Waals surface area contributed by atoms with Gasteiger partial charge in [-0.05, 0) is 49.2 Å². The summed E-state index contributed by atoms with van der Waals surface area (Å²) in [6.07, 6.45) is 3.36. The van der Waals surface area contributed by atoms with E-state index in [9.17, 15) is 0 Å². The van der Waals surface area contributed by atoms with Crippen LogP contribution >= 0.6 is 0 Å². The van der Waals surface area contributed by atoms with Crippen LogP contribution in [0.5, 0.6) is 5.75 Å². The van der Waals surface area contributed by atoms with Crippen LogP contribution in [-0.4, -0.2) is 58.1 Å². The predicted molar refractivity (Wildman–Crippen MR) is 119 cm³/mol. The van der Waals surface area contributed by atoms with Crippen molar-refractivity contribution in [3.63, 3.8) is 0 Å². The molecule has 0 aliphatic carbocycles. The highest BCUT2D eigenvalue weighted by atomic mass is 16.6. The molecule has 31 heavy (non-hydrogen) atoms. The number of ether oxygens (including phenoxy) is 1. The molecule has 0 saturated heterocycles. The van der Waals surface area contributed by atoms with Crippen LogP contribution in [0.2, 0.25) is 0 Å². The molecule has 0 spiro atoms. The highest BCUT2D eigenvalue weighted by molar-refractivity contribution is 5.93. The first-order chi connectivity index (χ1) is 15.0. The maximum atomic E-state index is 5.42. The molecule has 9 heteroatoms.